The molecular formula is C17H27NO. The molecule has 0 saturated heterocycles. The van der Waals surface area contributed by atoms with Gasteiger partial charge in [-0.1, -0.05) is 32.4 Å². The van der Waals surface area contributed by atoms with E-state index in [9.17, 15) is 0 Å². The van der Waals surface area contributed by atoms with Crippen molar-refractivity contribution in [2.45, 2.75) is 45.4 Å². The van der Waals surface area contributed by atoms with Crippen molar-refractivity contribution in [1.29, 1.82) is 0 Å². The molecule has 19 heavy (non-hydrogen) atoms. The van der Waals surface area contributed by atoms with Gasteiger partial charge in [0.2, 0.25) is 0 Å². The highest BCUT2D eigenvalue weighted by atomic mass is 16.5. The number of likely N-dealkylation sites (N-methyl/N-ethyl adjacent to an activating group) is 1. The number of hydrogen-bond donors (Lipinski definition) is 1. The van der Waals surface area contributed by atoms with Gasteiger partial charge in [-0.3, -0.25) is 0 Å². The van der Waals surface area contributed by atoms with Crippen LogP contribution in [0.1, 0.15) is 45.6 Å². The summed E-state index contributed by atoms with van der Waals surface area (Å²) in [7, 11) is 0. The first kappa shape index (κ1) is 14.4. The van der Waals surface area contributed by atoms with Crippen LogP contribution < -0.4 is 10.1 Å². The molecule has 1 aliphatic carbocycles. The molecule has 1 saturated carbocycles. The molecule has 2 unspecified atom stereocenters. The van der Waals surface area contributed by atoms with Crippen molar-refractivity contribution >= 4 is 0 Å². The summed E-state index contributed by atoms with van der Waals surface area (Å²) in [5, 5.41) is 3.57. The van der Waals surface area contributed by atoms with Gasteiger partial charge in [0, 0.05) is 12.0 Å². The summed E-state index contributed by atoms with van der Waals surface area (Å²) >= 11 is 0. The average molecular weight is 261 g/mol. The fourth-order valence-electron chi connectivity index (χ4n) is 3.44. The molecule has 1 fully saturated rings. The van der Waals surface area contributed by atoms with Crippen LogP contribution >= 0.6 is 0 Å². The first-order chi connectivity index (χ1) is 9.23. The van der Waals surface area contributed by atoms with E-state index in [0.717, 1.165) is 31.4 Å². The molecule has 0 aliphatic heterocycles. The van der Waals surface area contributed by atoms with Crippen molar-refractivity contribution in [2.24, 2.45) is 5.92 Å². The maximum atomic E-state index is 5.55. The van der Waals surface area contributed by atoms with Crippen LogP contribution in [0, 0.1) is 5.92 Å². The number of nitrogens with one attached hydrogen (secondary N) is 1. The summed E-state index contributed by atoms with van der Waals surface area (Å²) < 4.78 is 5.55. The highest BCUT2D eigenvalue weighted by Crippen LogP contribution is 2.45. The second kappa shape index (κ2) is 6.42. The number of ether oxygens (including phenoxy) is 1. The quantitative estimate of drug-likeness (QED) is 0.842. The molecule has 0 radical (unpaired) electrons. The molecule has 106 valence electrons. The van der Waals surface area contributed by atoms with Gasteiger partial charge in [0.25, 0.3) is 0 Å². The lowest BCUT2D eigenvalue weighted by Gasteiger charge is -2.35. The summed E-state index contributed by atoms with van der Waals surface area (Å²) in [6.45, 7) is 9.49. The Balaban J connectivity index is 2.22. The Kier molecular flexibility index (Phi) is 4.87. The summed E-state index contributed by atoms with van der Waals surface area (Å²) in [5.41, 5.74) is 1.79. The molecule has 0 heterocycles. The van der Waals surface area contributed by atoms with Crippen LogP contribution in [-0.2, 0) is 5.41 Å². The van der Waals surface area contributed by atoms with E-state index in [4.69, 9.17) is 4.74 Å². The number of rotatable bonds is 6. The normalized spacial score (nSPS) is 26.6. The highest BCUT2D eigenvalue weighted by Gasteiger charge is 2.41. The van der Waals surface area contributed by atoms with E-state index >= 15 is 0 Å². The first-order valence-electron chi connectivity index (χ1n) is 7.67. The molecule has 0 amide bonds. The number of benzene rings is 1. The fourth-order valence-corrected chi connectivity index (χ4v) is 3.44. The minimum atomic E-state index is 0.320. The van der Waals surface area contributed by atoms with Gasteiger partial charge in [-0.15, -0.1) is 0 Å². The van der Waals surface area contributed by atoms with Gasteiger partial charge in [-0.25, -0.2) is 0 Å². The summed E-state index contributed by atoms with van der Waals surface area (Å²) in [5.74, 6) is 1.74. The zero-order valence-electron chi connectivity index (χ0n) is 12.5. The maximum Gasteiger partial charge on any atom is 0.119 e. The van der Waals surface area contributed by atoms with E-state index in [1.54, 1.807) is 0 Å². The lowest BCUT2D eigenvalue weighted by Crippen LogP contribution is -2.40. The van der Waals surface area contributed by atoms with Crippen LogP contribution in [-0.4, -0.2) is 19.7 Å². The van der Waals surface area contributed by atoms with Crippen molar-refractivity contribution in [3.05, 3.63) is 29.8 Å². The topological polar surface area (TPSA) is 21.3 Å². The Hall–Kier alpha value is -1.02. The van der Waals surface area contributed by atoms with Crippen LogP contribution in [0.15, 0.2) is 24.3 Å². The van der Waals surface area contributed by atoms with Crippen molar-refractivity contribution in [2.75, 3.05) is 19.7 Å². The molecule has 1 aromatic rings. The van der Waals surface area contributed by atoms with E-state index in [1.165, 1.54) is 24.8 Å². The second-order valence-corrected chi connectivity index (χ2v) is 5.69. The second-order valence-electron chi connectivity index (χ2n) is 5.69. The monoisotopic (exact) mass is 261 g/mol. The third-order valence-corrected chi connectivity index (χ3v) is 4.63. The molecule has 2 nitrogen and oxygen atoms in total. The van der Waals surface area contributed by atoms with Crippen LogP contribution in [0.5, 0.6) is 5.75 Å². The van der Waals surface area contributed by atoms with Crippen LogP contribution in [0.4, 0.5) is 0 Å². The molecule has 1 N–H and O–H groups in total. The maximum absolute atomic E-state index is 5.55. The average Bonchev–Trinajstić information content (AvgIpc) is 2.80. The van der Waals surface area contributed by atoms with Gasteiger partial charge >= 0.3 is 0 Å². The van der Waals surface area contributed by atoms with E-state index in [1.807, 2.05) is 6.92 Å². The predicted molar refractivity (Wildman–Crippen MR) is 80.8 cm³/mol. The molecule has 1 aromatic carbocycles. The van der Waals surface area contributed by atoms with Gasteiger partial charge in [0.05, 0.1) is 6.61 Å². The summed E-state index contributed by atoms with van der Waals surface area (Å²) in [6, 6.07) is 8.78. The number of hydrogen-bond acceptors (Lipinski definition) is 2. The zero-order chi connectivity index (χ0) is 13.7. The van der Waals surface area contributed by atoms with E-state index < -0.39 is 0 Å². The molecule has 0 aromatic heterocycles. The third kappa shape index (κ3) is 2.94. The van der Waals surface area contributed by atoms with Gasteiger partial charge in [-0.05, 0) is 49.9 Å². The largest absolute Gasteiger partial charge is 0.494 e. The Labute approximate surface area is 117 Å². The summed E-state index contributed by atoms with van der Waals surface area (Å²) in [6.07, 6.45) is 3.99. The lowest BCUT2D eigenvalue weighted by molar-refractivity contribution is 0.318. The van der Waals surface area contributed by atoms with Crippen LogP contribution in [0.3, 0.4) is 0 Å². The van der Waals surface area contributed by atoms with Gasteiger partial charge in [-0.2, -0.15) is 0 Å². The van der Waals surface area contributed by atoms with E-state index in [2.05, 4.69) is 43.4 Å². The molecule has 1 aliphatic rings. The highest BCUT2D eigenvalue weighted by molar-refractivity contribution is 5.34. The van der Waals surface area contributed by atoms with Crippen molar-refractivity contribution in [1.82, 2.24) is 5.32 Å². The zero-order valence-corrected chi connectivity index (χ0v) is 12.5. The molecule has 0 spiro atoms. The molecule has 2 heteroatoms. The van der Waals surface area contributed by atoms with Crippen molar-refractivity contribution in [3.8, 4) is 5.75 Å². The smallest absolute Gasteiger partial charge is 0.119 e. The van der Waals surface area contributed by atoms with E-state index in [0.29, 0.717) is 5.41 Å². The third-order valence-electron chi connectivity index (χ3n) is 4.63. The Morgan fingerprint density at radius 1 is 1.26 bits per heavy atom. The minimum Gasteiger partial charge on any atom is -0.494 e. The Morgan fingerprint density at radius 2 is 2.00 bits per heavy atom. The fraction of sp³-hybridized carbons (Fsp3) is 0.647. The predicted octanol–water partition coefficient (Wildman–Crippen LogP) is 3.75. The van der Waals surface area contributed by atoms with Crippen LogP contribution in [0.2, 0.25) is 0 Å². The van der Waals surface area contributed by atoms with Crippen molar-refractivity contribution < 1.29 is 4.74 Å². The molecule has 2 rings (SSSR count). The summed E-state index contributed by atoms with van der Waals surface area (Å²) in [4.78, 5) is 0. The Bertz CT molecular complexity index is 387. The standard InChI is InChI=1S/C17H27NO/c1-4-18-13-17(12-6-7-14(17)3)15-8-10-16(11-9-15)19-5-2/h8-11,14,18H,4-7,12-13H2,1-3H3. The Morgan fingerprint density at radius 3 is 2.53 bits per heavy atom. The van der Waals surface area contributed by atoms with Crippen LogP contribution in [0.25, 0.3) is 0 Å². The minimum absolute atomic E-state index is 0.320. The first-order valence-corrected chi connectivity index (χ1v) is 7.67. The molecular weight excluding hydrogens is 234 g/mol. The SMILES string of the molecule is CCNCC1(c2ccc(OCC)cc2)CCCC1C. The van der Waals surface area contributed by atoms with Gasteiger partial charge in [0.15, 0.2) is 0 Å². The lowest BCUT2D eigenvalue weighted by atomic mass is 9.73. The van der Waals surface area contributed by atoms with Gasteiger partial charge < -0.3 is 10.1 Å². The van der Waals surface area contributed by atoms with Gasteiger partial charge in [0.1, 0.15) is 5.75 Å². The molecule has 0 bridgehead atoms. The van der Waals surface area contributed by atoms with Crippen molar-refractivity contribution in [3.63, 3.8) is 0 Å². The van der Waals surface area contributed by atoms with E-state index in [-0.39, 0.29) is 0 Å². The molecule has 2 atom stereocenters.